The summed E-state index contributed by atoms with van der Waals surface area (Å²) in [5.74, 6) is 0.369. The topological polar surface area (TPSA) is 48.8 Å². The molecule has 0 aliphatic heterocycles. The Labute approximate surface area is 118 Å². The molecule has 4 nitrogen and oxygen atoms in total. The number of nitrogens with two attached hydrogens (primary N) is 1. The van der Waals surface area contributed by atoms with Crippen LogP contribution in [0, 0.1) is 0 Å². The van der Waals surface area contributed by atoms with Gasteiger partial charge in [-0.2, -0.15) is 18.3 Å². The molecule has 7 heteroatoms. The van der Waals surface area contributed by atoms with Crippen molar-refractivity contribution in [3.63, 3.8) is 0 Å². The lowest BCUT2D eigenvalue weighted by Crippen LogP contribution is -2.04. The Kier molecular flexibility index (Phi) is 2.76. The molecular formula is C14H13F3N4. The largest absolute Gasteiger partial charge is 0.416 e. The van der Waals surface area contributed by atoms with Crippen LogP contribution >= 0.6 is 0 Å². The average molecular weight is 294 g/mol. The molecule has 0 fully saturated rings. The minimum atomic E-state index is -4.35. The minimum absolute atomic E-state index is 0.369. The van der Waals surface area contributed by atoms with Crippen molar-refractivity contribution in [1.82, 2.24) is 14.3 Å². The van der Waals surface area contributed by atoms with Crippen LogP contribution in [0.2, 0.25) is 0 Å². The zero-order valence-corrected chi connectivity index (χ0v) is 11.4. The van der Waals surface area contributed by atoms with Crippen LogP contribution in [0.4, 0.5) is 19.0 Å². The normalized spacial score (nSPS) is 12.2. The van der Waals surface area contributed by atoms with Crippen LogP contribution in [0.25, 0.3) is 22.3 Å². The molecule has 0 saturated carbocycles. The minimum Gasteiger partial charge on any atom is -0.382 e. The Morgan fingerprint density at radius 3 is 2.33 bits per heavy atom. The first-order chi connectivity index (χ1) is 9.77. The van der Waals surface area contributed by atoms with E-state index in [-0.39, 0.29) is 0 Å². The summed E-state index contributed by atoms with van der Waals surface area (Å²) in [6.45, 7) is 0. The molecule has 2 N–H and O–H groups in total. The van der Waals surface area contributed by atoms with Gasteiger partial charge in [-0.05, 0) is 24.3 Å². The van der Waals surface area contributed by atoms with E-state index in [0.29, 0.717) is 11.2 Å². The fraction of sp³-hybridized carbons (Fsp3) is 0.214. The molecule has 3 rings (SSSR count). The predicted molar refractivity (Wildman–Crippen MR) is 74.5 cm³/mol. The third kappa shape index (κ3) is 2.14. The summed E-state index contributed by atoms with van der Waals surface area (Å²) in [5, 5.41) is 4.59. The Morgan fingerprint density at radius 2 is 1.76 bits per heavy atom. The Hall–Kier alpha value is -2.44. The first-order valence-electron chi connectivity index (χ1n) is 6.24. The van der Waals surface area contributed by atoms with E-state index in [1.807, 2.05) is 4.57 Å². The van der Waals surface area contributed by atoms with E-state index < -0.39 is 11.7 Å². The van der Waals surface area contributed by atoms with Gasteiger partial charge < -0.3 is 10.3 Å². The lowest BCUT2D eigenvalue weighted by atomic mass is 10.1. The third-order valence-electron chi connectivity index (χ3n) is 3.53. The number of aryl methyl sites for hydroxylation is 2. The smallest absolute Gasteiger partial charge is 0.382 e. The molecule has 0 unspecified atom stereocenters. The number of hydrogen-bond donors (Lipinski definition) is 1. The van der Waals surface area contributed by atoms with Crippen molar-refractivity contribution >= 4 is 16.7 Å². The highest BCUT2D eigenvalue weighted by molar-refractivity contribution is 5.87. The highest BCUT2D eigenvalue weighted by Gasteiger charge is 2.30. The first kappa shape index (κ1) is 13.5. The van der Waals surface area contributed by atoms with Crippen LogP contribution in [-0.4, -0.2) is 14.3 Å². The number of halogens is 3. The number of fused-ring (bicyclic) bond motifs is 1. The van der Waals surface area contributed by atoms with Crippen molar-refractivity contribution in [2.75, 3.05) is 5.73 Å². The van der Waals surface area contributed by atoms with E-state index >= 15 is 0 Å². The van der Waals surface area contributed by atoms with Crippen LogP contribution in [0.3, 0.4) is 0 Å². The third-order valence-corrected chi connectivity index (χ3v) is 3.53. The Bertz CT molecular complexity index is 827. The van der Waals surface area contributed by atoms with E-state index in [9.17, 15) is 13.2 Å². The molecule has 0 amide bonds. The quantitative estimate of drug-likeness (QED) is 0.749. The summed E-state index contributed by atoms with van der Waals surface area (Å²) in [4.78, 5) is 0. The molecule has 0 aliphatic carbocycles. The SMILES string of the molecule is Cn1nc(N)cc1-c1cc2cc(C(F)(F)F)ccc2n1C. The number of anilines is 1. The second-order valence-electron chi connectivity index (χ2n) is 4.94. The van der Waals surface area contributed by atoms with E-state index in [1.54, 1.807) is 30.9 Å². The number of nitrogens with zero attached hydrogens (tertiary/aromatic N) is 3. The number of aromatic nitrogens is 3. The lowest BCUT2D eigenvalue weighted by Gasteiger charge is -2.07. The summed E-state index contributed by atoms with van der Waals surface area (Å²) < 4.78 is 41.8. The van der Waals surface area contributed by atoms with Gasteiger partial charge in [-0.3, -0.25) is 4.68 Å². The molecule has 0 spiro atoms. The summed E-state index contributed by atoms with van der Waals surface area (Å²) >= 11 is 0. The van der Waals surface area contributed by atoms with Gasteiger partial charge in [-0.25, -0.2) is 0 Å². The van der Waals surface area contributed by atoms with Crippen molar-refractivity contribution in [1.29, 1.82) is 0 Å². The van der Waals surface area contributed by atoms with Gasteiger partial charge in [0.2, 0.25) is 0 Å². The van der Waals surface area contributed by atoms with Gasteiger partial charge in [-0.1, -0.05) is 0 Å². The molecule has 3 aromatic rings. The maximum Gasteiger partial charge on any atom is 0.416 e. The average Bonchev–Trinajstić information content (AvgIpc) is 2.88. The summed E-state index contributed by atoms with van der Waals surface area (Å²) in [6, 6.07) is 7.11. The van der Waals surface area contributed by atoms with E-state index in [2.05, 4.69) is 5.10 Å². The van der Waals surface area contributed by atoms with Crippen molar-refractivity contribution in [2.24, 2.45) is 14.1 Å². The molecule has 110 valence electrons. The summed E-state index contributed by atoms with van der Waals surface area (Å²) in [6.07, 6.45) is -4.35. The van der Waals surface area contributed by atoms with Gasteiger partial charge in [0.25, 0.3) is 0 Å². The first-order valence-corrected chi connectivity index (χ1v) is 6.24. The molecule has 0 bridgehead atoms. The zero-order chi connectivity index (χ0) is 15.4. The zero-order valence-electron chi connectivity index (χ0n) is 11.4. The van der Waals surface area contributed by atoms with Crippen LogP contribution in [0.15, 0.2) is 30.3 Å². The van der Waals surface area contributed by atoms with Gasteiger partial charge in [0.05, 0.1) is 17.0 Å². The van der Waals surface area contributed by atoms with Crippen LogP contribution < -0.4 is 5.73 Å². The number of alkyl halides is 3. The van der Waals surface area contributed by atoms with Crippen molar-refractivity contribution in [3.05, 3.63) is 35.9 Å². The molecular weight excluding hydrogens is 281 g/mol. The fourth-order valence-electron chi connectivity index (χ4n) is 2.50. The van der Waals surface area contributed by atoms with Gasteiger partial charge in [0.1, 0.15) is 5.82 Å². The molecule has 2 aromatic heterocycles. The predicted octanol–water partition coefficient (Wildman–Crippen LogP) is 3.18. The van der Waals surface area contributed by atoms with Gasteiger partial charge >= 0.3 is 6.18 Å². The van der Waals surface area contributed by atoms with Crippen LogP contribution in [0.1, 0.15) is 5.56 Å². The standard InChI is InChI=1S/C14H13F3N4/c1-20-10-4-3-9(14(15,16)17)5-8(10)6-11(20)12-7-13(18)19-21(12)2/h3-7H,1-2H3,(H2,18,19). The van der Waals surface area contributed by atoms with E-state index in [0.717, 1.165) is 29.0 Å². The number of nitrogen functional groups attached to an aromatic ring is 1. The molecule has 0 aliphatic rings. The molecule has 0 radical (unpaired) electrons. The summed E-state index contributed by atoms with van der Waals surface area (Å²) in [7, 11) is 3.54. The Morgan fingerprint density at radius 1 is 1.05 bits per heavy atom. The van der Waals surface area contributed by atoms with Gasteiger partial charge in [0, 0.05) is 31.1 Å². The second kappa shape index (κ2) is 4.28. The number of rotatable bonds is 1. The summed E-state index contributed by atoms with van der Waals surface area (Å²) in [5.41, 5.74) is 7.23. The number of benzene rings is 1. The van der Waals surface area contributed by atoms with E-state index in [1.165, 1.54) is 6.07 Å². The second-order valence-corrected chi connectivity index (χ2v) is 4.94. The molecule has 0 saturated heterocycles. The van der Waals surface area contributed by atoms with Crippen molar-refractivity contribution in [2.45, 2.75) is 6.18 Å². The van der Waals surface area contributed by atoms with Crippen LogP contribution in [-0.2, 0) is 20.3 Å². The maximum atomic E-state index is 12.8. The highest BCUT2D eigenvalue weighted by atomic mass is 19.4. The van der Waals surface area contributed by atoms with Gasteiger partial charge in [0.15, 0.2) is 0 Å². The molecule has 0 atom stereocenters. The fourth-order valence-corrected chi connectivity index (χ4v) is 2.50. The maximum absolute atomic E-state index is 12.8. The number of hydrogen-bond acceptors (Lipinski definition) is 2. The molecule has 2 heterocycles. The highest BCUT2D eigenvalue weighted by Crippen LogP contribution is 2.34. The molecule has 21 heavy (non-hydrogen) atoms. The lowest BCUT2D eigenvalue weighted by molar-refractivity contribution is -0.137. The Balaban J connectivity index is 2.22. The van der Waals surface area contributed by atoms with Gasteiger partial charge in [-0.15, -0.1) is 0 Å². The monoisotopic (exact) mass is 294 g/mol. The van der Waals surface area contributed by atoms with Crippen molar-refractivity contribution < 1.29 is 13.2 Å². The van der Waals surface area contributed by atoms with Crippen molar-refractivity contribution in [3.8, 4) is 11.4 Å². The molecule has 1 aromatic carbocycles. The van der Waals surface area contributed by atoms with E-state index in [4.69, 9.17) is 5.73 Å². The van der Waals surface area contributed by atoms with Crippen LogP contribution in [0.5, 0.6) is 0 Å².